The predicted octanol–water partition coefficient (Wildman–Crippen LogP) is 4.27. The van der Waals surface area contributed by atoms with E-state index < -0.39 is 15.9 Å². The molecule has 0 saturated carbocycles. The van der Waals surface area contributed by atoms with Crippen LogP contribution in [0.2, 0.25) is 5.02 Å². The van der Waals surface area contributed by atoms with Crippen LogP contribution in [0.4, 0.5) is 11.4 Å². The van der Waals surface area contributed by atoms with E-state index in [2.05, 4.69) is 37.2 Å². The molecule has 2 aromatic rings. The van der Waals surface area contributed by atoms with Gasteiger partial charge in [-0.1, -0.05) is 33.6 Å². The third-order valence-electron chi connectivity index (χ3n) is 2.99. The molecule has 0 unspecified atom stereocenters. The lowest BCUT2D eigenvalue weighted by Gasteiger charge is -2.22. The number of nitrogens with one attached hydrogen (secondary N) is 1. The Balaban J connectivity index is 2.20. The Morgan fingerprint density at radius 1 is 1.21 bits per heavy atom. The molecule has 0 heterocycles. The third kappa shape index (κ3) is 5.20. The molecule has 5 nitrogen and oxygen atoms in total. The van der Waals surface area contributed by atoms with Gasteiger partial charge < -0.3 is 5.32 Å². The van der Waals surface area contributed by atoms with E-state index in [0.717, 1.165) is 10.6 Å². The standard InChI is InChI=1S/C15H13Br2ClN2O3S/c1-24(22,23)20(12-4-2-3-10(16)7-12)9-15(21)19-11-5-6-13(17)14(18)8-11/h2-8H,9H2,1H3,(H,19,21). The highest BCUT2D eigenvalue weighted by Gasteiger charge is 2.21. The fourth-order valence-electron chi connectivity index (χ4n) is 1.94. The first-order valence-electron chi connectivity index (χ1n) is 6.65. The van der Waals surface area contributed by atoms with Gasteiger partial charge in [-0.05, 0) is 52.3 Å². The van der Waals surface area contributed by atoms with Gasteiger partial charge in [-0.15, -0.1) is 0 Å². The van der Waals surface area contributed by atoms with Crippen LogP contribution in [-0.2, 0) is 14.8 Å². The van der Waals surface area contributed by atoms with Gasteiger partial charge in [0.25, 0.3) is 0 Å². The second-order valence-corrected chi connectivity index (χ2v) is 9.01. The van der Waals surface area contributed by atoms with Crippen LogP contribution >= 0.6 is 43.5 Å². The molecule has 0 aliphatic carbocycles. The normalized spacial score (nSPS) is 11.2. The number of nitrogens with zero attached hydrogens (tertiary/aromatic N) is 1. The van der Waals surface area contributed by atoms with Gasteiger partial charge in [-0.3, -0.25) is 9.10 Å². The van der Waals surface area contributed by atoms with E-state index in [0.29, 0.717) is 25.3 Å². The topological polar surface area (TPSA) is 66.5 Å². The second-order valence-electron chi connectivity index (χ2n) is 4.93. The lowest BCUT2D eigenvalue weighted by Crippen LogP contribution is -2.37. The fourth-order valence-corrected chi connectivity index (χ4v) is 3.60. The summed E-state index contributed by atoms with van der Waals surface area (Å²) in [6, 6.07) is 11.7. The molecular formula is C15H13Br2ClN2O3S. The Kier molecular flexibility index (Phi) is 6.30. The summed E-state index contributed by atoms with van der Waals surface area (Å²) in [5.41, 5.74) is 0.881. The molecule has 0 fully saturated rings. The van der Waals surface area contributed by atoms with Crippen molar-refractivity contribution in [3.8, 4) is 0 Å². The van der Waals surface area contributed by atoms with Gasteiger partial charge in [0.15, 0.2) is 0 Å². The number of sulfonamides is 1. The molecular weight excluding hydrogens is 484 g/mol. The summed E-state index contributed by atoms with van der Waals surface area (Å²) in [6.07, 6.45) is 1.05. The number of amides is 1. The lowest BCUT2D eigenvalue weighted by atomic mass is 10.3. The summed E-state index contributed by atoms with van der Waals surface area (Å²) in [4.78, 5) is 12.2. The zero-order valence-electron chi connectivity index (χ0n) is 12.5. The number of carbonyl (C=O) groups excluding carboxylic acids is 1. The van der Waals surface area contributed by atoms with Gasteiger partial charge >= 0.3 is 0 Å². The highest BCUT2D eigenvalue weighted by Crippen LogP contribution is 2.26. The molecule has 24 heavy (non-hydrogen) atoms. The van der Waals surface area contributed by atoms with Crippen LogP contribution in [0.15, 0.2) is 51.4 Å². The van der Waals surface area contributed by atoms with Gasteiger partial charge in [0, 0.05) is 14.6 Å². The van der Waals surface area contributed by atoms with Crippen LogP contribution in [0.3, 0.4) is 0 Å². The zero-order valence-corrected chi connectivity index (χ0v) is 17.2. The zero-order chi connectivity index (χ0) is 17.9. The van der Waals surface area contributed by atoms with Crippen molar-refractivity contribution < 1.29 is 13.2 Å². The first-order chi connectivity index (χ1) is 11.2. The minimum absolute atomic E-state index is 0.344. The summed E-state index contributed by atoms with van der Waals surface area (Å²) in [5.74, 6) is -0.473. The molecule has 0 radical (unpaired) electrons. The maximum absolute atomic E-state index is 12.2. The Morgan fingerprint density at radius 3 is 2.50 bits per heavy atom. The van der Waals surface area contributed by atoms with Crippen LogP contribution in [0.5, 0.6) is 0 Å². The van der Waals surface area contributed by atoms with Gasteiger partial charge in [-0.2, -0.15) is 0 Å². The van der Waals surface area contributed by atoms with E-state index >= 15 is 0 Å². The van der Waals surface area contributed by atoms with Crippen molar-refractivity contribution in [1.29, 1.82) is 0 Å². The summed E-state index contributed by atoms with van der Waals surface area (Å²) in [7, 11) is -3.62. The average Bonchev–Trinajstić information content (AvgIpc) is 2.47. The number of hydrogen-bond donors (Lipinski definition) is 1. The minimum atomic E-state index is -3.62. The quantitative estimate of drug-likeness (QED) is 0.672. The number of rotatable bonds is 5. The van der Waals surface area contributed by atoms with Gasteiger partial charge in [0.1, 0.15) is 6.54 Å². The maximum atomic E-state index is 12.2. The first-order valence-corrected chi connectivity index (χ1v) is 10.5. The maximum Gasteiger partial charge on any atom is 0.245 e. The number of anilines is 2. The molecule has 0 saturated heterocycles. The summed E-state index contributed by atoms with van der Waals surface area (Å²) in [5, 5.41) is 3.08. The van der Waals surface area contributed by atoms with Crippen LogP contribution in [0.1, 0.15) is 0 Å². The minimum Gasteiger partial charge on any atom is -0.324 e. The largest absolute Gasteiger partial charge is 0.324 e. The van der Waals surface area contributed by atoms with Crippen molar-refractivity contribution in [2.24, 2.45) is 0 Å². The Hall–Kier alpha value is -1.09. The van der Waals surface area contributed by atoms with Crippen molar-refractivity contribution in [2.45, 2.75) is 0 Å². The predicted molar refractivity (Wildman–Crippen MR) is 104 cm³/mol. The molecule has 0 bridgehead atoms. The first kappa shape index (κ1) is 19.2. The third-order valence-corrected chi connectivity index (χ3v) is 5.85. The lowest BCUT2D eigenvalue weighted by molar-refractivity contribution is -0.114. The molecule has 0 aromatic heterocycles. The van der Waals surface area contributed by atoms with E-state index in [1.807, 2.05) is 0 Å². The van der Waals surface area contributed by atoms with Crippen molar-refractivity contribution in [2.75, 3.05) is 22.4 Å². The summed E-state index contributed by atoms with van der Waals surface area (Å²) in [6.45, 7) is -0.344. The molecule has 1 amide bonds. The monoisotopic (exact) mass is 494 g/mol. The van der Waals surface area contributed by atoms with Gasteiger partial charge in [0.05, 0.1) is 17.0 Å². The van der Waals surface area contributed by atoms with Crippen molar-refractivity contribution in [3.05, 3.63) is 56.4 Å². The van der Waals surface area contributed by atoms with Crippen LogP contribution < -0.4 is 9.62 Å². The van der Waals surface area contributed by atoms with Crippen LogP contribution in [-0.4, -0.2) is 27.1 Å². The molecule has 1 N–H and O–H groups in total. The molecule has 9 heteroatoms. The second kappa shape index (κ2) is 7.86. The Morgan fingerprint density at radius 2 is 1.92 bits per heavy atom. The van der Waals surface area contributed by atoms with Crippen molar-refractivity contribution >= 4 is 70.8 Å². The molecule has 2 rings (SSSR count). The van der Waals surface area contributed by atoms with Crippen molar-refractivity contribution in [1.82, 2.24) is 0 Å². The SMILES string of the molecule is CS(=O)(=O)N(CC(=O)Nc1ccc(Br)c(Cl)c1)c1cccc(Br)c1. The van der Waals surface area contributed by atoms with E-state index in [1.54, 1.807) is 42.5 Å². The summed E-state index contributed by atoms with van der Waals surface area (Å²) >= 11 is 12.5. The summed E-state index contributed by atoms with van der Waals surface area (Å²) < 4.78 is 26.5. The van der Waals surface area contributed by atoms with Crippen LogP contribution in [0, 0.1) is 0 Å². The molecule has 2 aromatic carbocycles. The Bertz CT molecular complexity index is 875. The molecule has 0 spiro atoms. The van der Waals surface area contributed by atoms with E-state index in [4.69, 9.17) is 11.6 Å². The van der Waals surface area contributed by atoms with E-state index in [-0.39, 0.29) is 6.54 Å². The molecule has 0 atom stereocenters. The van der Waals surface area contributed by atoms with Gasteiger partial charge in [-0.25, -0.2) is 8.42 Å². The fraction of sp³-hybridized carbons (Fsp3) is 0.133. The van der Waals surface area contributed by atoms with E-state index in [1.165, 1.54) is 0 Å². The molecule has 0 aliphatic rings. The average molecular weight is 497 g/mol. The molecule has 128 valence electrons. The number of carbonyl (C=O) groups is 1. The number of benzene rings is 2. The number of halogens is 3. The van der Waals surface area contributed by atoms with Gasteiger partial charge in [0.2, 0.25) is 15.9 Å². The number of hydrogen-bond acceptors (Lipinski definition) is 3. The highest BCUT2D eigenvalue weighted by molar-refractivity contribution is 9.10. The smallest absolute Gasteiger partial charge is 0.245 e. The highest BCUT2D eigenvalue weighted by atomic mass is 79.9. The molecule has 0 aliphatic heterocycles. The van der Waals surface area contributed by atoms with Crippen LogP contribution in [0.25, 0.3) is 0 Å². The van der Waals surface area contributed by atoms with E-state index in [9.17, 15) is 13.2 Å². The Labute approximate surface area is 162 Å². The van der Waals surface area contributed by atoms with Crippen molar-refractivity contribution in [3.63, 3.8) is 0 Å².